The van der Waals surface area contributed by atoms with Gasteiger partial charge < -0.3 is 0 Å². The summed E-state index contributed by atoms with van der Waals surface area (Å²) in [6.45, 7) is 2.38. The number of aromatic nitrogens is 4. The summed E-state index contributed by atoms with van der Waals surface area (Å²) in [6.07, 6.45) is 8.19. The molecule has 2 aromatic rings. The van der Waals surface area contributed by atoms with Gasteiger partial charge in [-0.05, 0) is 50.6 Å². The van der Waals surface area contributed by atoms with E-state index in [1.54, 1.807) is 16.9 Å². The van der Waals surface area contributed by atoms with Gasteiger partial charge in [-0.25, -0.2) is 9.31 Å². The van der Waals surface area contributed by atoms with Crippen LogP contribution in [-0.2, 0) is 25.9 Å². The van der Waals surface area contributed by atoms with Crippen LogP contribution < -0.4 is 5.56 Å². The van der Waals surface area contributed by atoms with Crippen molar-refractivity contribution in [2.24, 2.45) is 0 Å². The van der Waals surface area contributed by atoms with E-state index >= 15 is 0 Å². The fourth-order valence-corrected chi connectivity index (χ4v) is 3.70. The highest BCUT2D eigenvalue weighted by Crippen LogP contribution is 2.21. The first kappa shape index (κ1) is 14.6. The van der Waals surface area contributed by atoms with E-state index in [0.717, 1.165) is 49.2 Å². The lowest BCUT2D eigenvalue weighted by molar-refractivity contribution is 0.208. The van der Waals surface area contributed by atoms with Crippen molar-refractivity contribution in [3.05, 3.63) is 39.6 Å². The van der Waals surface area contributed by atoms with Gasteiger partial charge in [-0.3, -0.25) is 9.69 Å². The van der Waals surface area contributed by atoms with Crippen LogP contribution in [0.3, 0.4) is 0 Å². The summed E-state index contributed by atoms with van der Waals surface area (Å²) in [5, 5.41) is 12.2. The minimum Gasteiger partial charge on any atom is -0.293 e. The average Bonchev–Trinajstić information content (AvgIpc) is 3.21. The minimum atomic E-state index is 0.0283. The van der Waals surface area contributed by atoms with Crippen LogP contribution in [0.1, 0.15) is 42.6 Å². The Morgan fingerprint density at radius 3 is 3.04 bits per heavy atom. The molecule has 2 aromatic heterocycles. The van der Waals surface area contributed by atoms with E-state index in [2.05, 4.69) is 24.9 Å². The smallest absolute Gasteiger partial charge is 0.267 e. The molecule has 1 aliphatic carbocycles. The Labute approximate surface area is 134 Å². The van der Waals surface area contributed by atoms with Crippen molar-refractivity contribution in [2.75, 3.05) is 6.54 Å². The largest absolute Gasteiger partial charge is 0.293 e. The molecular weight excluding hydrogens is 294 g/mol. The maximum Gasteiger partial charge on any atom is 0.267 e. The SMILES string of the molecule is O=c1cc2c(nn1CC1CCCN1Cc1cnon1)CCCC2. The molecule has 1 saturated heterocycles. The molecular formula is C16H21N5O2. The number of fused-ring (bicyclic) bond motifs is 1. The molecule has 7 heteroatoms. The third-order valence-corrected chi connectivity index (χ3v) is 4.93. The molecule has 0 aromatic carbocycles. The highest BCUT2D eigenvalue weighted by atomic mass is 16.6. The normalized spacial score (nSPS) is 21.5. The van der Waals surface area contributed by atoms with E-state index in [1.807, 2.05) is 0 Å². The number of nitrogens with zero attached hydrogens (tertiary/aromatic N) is 5. The van der Waals surface area contributed by atoms with Crippen LogP contribution >= 0.6 is 0 Å². The Morgan fingerprint density at radius 2 is 2.17 bits per heavy atom. The molecule has 0 amide bonds. The van der Waals surface area contributed by atoms with E-state index in [-0.39, 0.29) is 5.56 Å². The van der Waals surface area contributed by atoms with Crippen LogP contribution in [0.25, 0.3) is 0 Å². The van der Waals surface area contributed by atoms with Crippen molar-refractivity contribution < 1.29 is 4.63 Å². The van der Waals surface area contributed by atoms with Gasteiger partial charge in [0.2, 0.25) is 0 Å². The van der Waals surface area contributed by atoms with Gasteiger partial charge in [-0.15, -0.1) is 0 Å². The first-order valence-electron chi connectivity index (χ1n) is 8.40. The fourth-order valence-electron chi connectivity index (χ4n) is 3.70. The van der Waals surface area contributed by atoms with Gasteiger partial charge in [0.05, 0.1) is 18.4 Å². The van der Waals surface area contributed by atoms with Crippen molar-refractivity contribution in [1.29, 1.82) is 0 Å². The van der Waals surface area contributed by atoms with Crippen molar-refractivity contribution in [3.63, 3.8) is 0 Å². The van der Waals surface area contributed by atoms with Crippen LogP contribution in [0, 0.1) is 0 Å². The third-order valence-electron chi connectivity index (χ3n) is 4.93. The maximum absolute atomic E-state index is 12.3. The zero-order chi connectivity index (χ0) is 15.6. The molecule has 0 N–H and O–H groups in total. The third kappa shape index (κ3) is 3.06. The van der Waals surface area contributed by atoms with Gasteiger partial charge in [0.15, 0.2) is 0 Å². The molecule has 1 fully saturated rings. The first-order valence-corrected chi connectivity index (χ1v) is 8.40. The molecule has 2 aliphatic rings. The van der Waals surface area contributed by atoms with Crippen molar-refractivity contribution in [2.45, 2.75) is 57.7 Å². The number of rotatable bonds is 4. The van der Waals surface area contributed by atoms with Crippen molar-refractivity contribution >= 4 is 0 Å². The molecule has 4 rings (SSSR count). The molecule has 1 aliphatic heterocycles. The van der Waals surface area contributed by atoms with Crippen LogP contribution in [0.5, 0.6) is 0 Å². The number of hydrogen-bond acceptors (Lipinski definition) is 6. The molecule has 3 heterocycles. The van der Waals surface area contributed by atoms with Gasteiger partial charge in [0.25, 0.3) is 5.56 Å². The zero-order valence-electron chi connectivity index (χ0n) is 13.1. The second kappa shape index (κ2) is 6.23. The van der Waals surface area contributed by atoms with Gasteiger partial charge >= 0.3 is 0 Å². The Bertz CT molecular complexity index is 725. The molecule has 7 nitrogen and oxygen atoms in total. The van der Waals surface area contributed by atoms with E-state index < -0.39 is 0 Å². The average molecular weight is 315 g/mol. The molecule has 122 valence electrons. The highest BCUT2D eigenvalue weighted by Gasteiger charge is 2.26. The molecule has 1 unspecified atom stereocenters. The lowest BCUT2D eigenvalue weighted by atomic mass is 9.97. The zero-order valence-corrected chi connectivity index (χ0v) is 13.1. The van der Waals surface area contributed by atoms with E-state index in [4.69, 9.17) is 0 Å². The van der Waals surface area contributed by atoms with E-state index in [1.165, 1.54) is 12.8 Å². The summed E-state index contributed by atoms with van der Waals surface area (Å²) in [4.78, 5) is 14.7. The Hall–Kier alpha value is -2.02. The molecule has 23 heavy (non-hydrogen) atoms. The molecule has 0 radical (unpaired) electrons. The first-order chi connectivity index (χ1) is 11.3. The standard InChI is InChI=1S/C16H21N5O2/c22-16-8-12-4-1-2-6-15(12)18-21(16)11-14-5-3-7-20(14)10-13-9-17-23-19-13/h8-9,14H,1-7,10-11H2. The monoisotopic (exact) mass is 315 g/mol. The van der Waals surface area contributed by atoms with Gasteiger partial charge in [0.1, 0.15) is 5.69 Å². The minimum absolute atomic E-state index is 0.0283. The molecule has 0 spiro atoms. The van der Waals surface area contributed by atoms with Crippen molar-refractivity contribution in [1.82, 2.24) is 25.0 Å². The summed E-state index contributed by atoms with van der Waals surface area (Å²) in [6, 6.07) is 2.11. The second-order valence-electron chi connectivity index (χ2n) is 6.51. The summed E-state index contributed by atoms with van der Waals surface area (Å²) in [5.41, 5.74) is 3.12. The van der Waals surface area contributed by atoms with Gasteiger partial charge in [-0.2, -0.15) is 5.10 Å². The maximum atomic E-state index is 12.3. The van der Waals surface area contributed by atoms with E-state index in [9.17, 15) is 4.79 Å². The Morgan fingerprint density at radius 1 is 1.26 bits per heavy atom. The quantitative estimate of drug-likeness (QED) is 0.843. The van der Waals surface area contributed by atoms with Crippen LogP contribution in [-0.4, -0.2) is 37.6 Å². The summed E-state index contributed by atoms with van der Waals surface area (Å²) in [5.74, 6) is 0. The van der Waals surface area contributed by atoms with Gasteiger partial charge in [0, 0.05) is 18.7 Å². The number of hydrogen-bond donors (Lipinski definition) is 0. The lowest BCUT2D eigenvalue weighted by Crippen LogP contribution is -2.37. The van der Waals surface area contributed by atoms with Crippen LogP contribution in [0.4, 0.5) is 0 Å². The van der Waals surface area contributed by atoms with Crippen molar-refractivity contribution in [3.8, 4) is 0 Å². The summed E-state index contributed by atoms with van der Waals surface area (Å²) < 4.78 is 6.33. The predicted molar refractivity (Wildman–Crippen MR) is 82.9 cm³/mol. The van der Waals surface area contributed by atoms with Crippen LogP contribution in [0.2, 0.25) is 0 Å². The lowest BCUT2D eigenvalue weighted by Gasteiger charge is -2.24. The predicted octanol–water partition coefficient (Wildman–Crippen LogP) is 1.17. The van der Waals surface area contributed by atoms with Crippen LogP contribution in [0.15, 0.2) is 21.7 Å². The summed E-state index contributed by atoms with van der Waals surface area (Å²) >= 11 is 0. The topological polar surface area (TPSA) is 77.0 Å². The fraction of sp³-hybridized carbons (Fsp3) is 0.625. The molecule has 0 saturated carbocycles. The summed E-state index contributed by atoms with van der Waals surface area (Å²) in [7, 11) is 0. The molecule has 0 bridgehead atoms. The Kier molecular flexibility index (Phi) is 3.95. The number of likely N-dealkylation sites (tertiary alicyclic amines) is 1. The Balaban J connectivity index is 1.51. The number of aryl methyl sites for hydroxylation is 2. The second-order valence-corrected chi connectivity index (χ2v) is 6.51. The molecule has 1 atom stereocenters. The van der Waals surface area contributed by atoms with E-state index in [0.29, 0.717) is 19.1 Å². The highest BCUT2D eigenvalue weighted by molar-refractivity contribution is 5.20. The van der Waals surface area contributed by atoms with Gasteiger partial charge in [-0.1, -0.05) is 10.3 Å².